The lowest BCUT2D eigenvalue weighted by molar-refractivity contribution is -0.149. The third-order valence-corrected chi connectivity index (χ3v) is 2.67. The van der Waals surface area contributed by atoms with Crippen LogP contribution >= 0.6 is 0 Å². The van der Waals surface area contributed by atoms with Crippen molar-refractivity contribution in [3.63, 3.8) is 0 Å². The first kappa shape index (κ1) is 11.8. The van der Waals surface area contributed by atoms with Gasteiger partial charge in [0.2, 0.25) is 0 Å². The first-order valence-corrected chi connectivity index (χ1v) is 5.41. The van der Waals surface area contributed by atoms with Crippen molar-refractivity contribution in [2.45, 2.75) is 45.1 Å². The quantitative estimate of drug-likeness (QED) is 0.783. The van der Waals surface area contributed by atoms with Crippen molar-refractivity contribution < 1.29 is 9.90 Å². The van der Waals surface area contributed by atoms with Gasteiger partial charge in [-0.3, -0.25) is 4.68 Å². The molecule has 0 bridgehead atoms. The SMILES string of the molecule is CCCC(CCC)(C(=O)O)n1cccn1. The highest BCUT2D eigenvalue weighted by Gasteiger charge is 2.39. The maximum atomic E-state index is 11.4. The number of aliphatic carboxylic acids is 1. The second-order valence-corrected chi connectivity index (χ2v) is 3.79. The Morgan fingerprint density at radius 3 is 2.33 bits per heavy atom. The summed E-state index contributed by atoms with van der Waals surface area (Å²) >= 11 is 0. The van der Waals surface area contributed by atoms with Gasteiger partial charge in [0, 0.05) is 12.4 Å². The molecular weight excluding hydrogens is 192 g/mol. The number of hydrogen-bond donors (Lipinski definition) is 1. The van der Waals surface area contributed by atoms with E-state index in [-0.39, 0.29) is 0 Å². The average molecular weight is 210 g/mol. The molecule has 0 atom stereocenters. The summed E-state index contributed by atoms with van der Waals surface area (Å²) in [6.45, 7) is 3.99. The molecule has 1 aromatic heterocycles. The molecular formula is C11H18N2O2. The smallest absolute Gasteiger partial charge is 0.331 e. The molecule has 0 aromatic carbocycles. The summed E-state index contributed by atoms with van der Waals surface area (Å²) in [6.07, 6.45) is 6.29. The minimum Gasteiger partial charge on any atom is -0.479 e. The number of rotatable bonds is 6. The summed E-state index contributed by atoms with van der Waals surface area (Å²) < 4.78 is 1.59. The molecule has 0 aliphatic heterocycles. The number of carboxylic acid groups (broad SMARTS) is 1. The molecule has 84 valence electrons. The first-order chi connectivity index (χ1) is 7.17. The third kappa shape index (κ3) is 2.19. The Labute approximate surface area is 89.9 Å². The van der Waals surface area contributed by atoms with E-state index in [0.29, 0.717) is 12.8 Å². The van der Waals surface area contributed by atoms with Gasteiger partial charge in [0.25, 0.3) is 0 Å². The van der Waals surface area contributed by atoms with E-state index in [9.17, 15) is 9.90 Å². The molecule has 4 heteroatoms. The maximum absolute atomic E-state index is 11.4. The molecule has 1 N–H and O–H groups in total. The summed E-state index contributed by atoms with van der Waals surface area (Å²) in [5.74, 6) is -0.782. The molecule has 1 heterocycles. The van der Waals surface area contributed by atoms with Crippen LogP contribution in [0.25, 0.3) is 0 Å². The molecule has 0 saturated heterocycles. The Balaban J connectivity index is 3.07. The normalized spacial score (nSPS) is 11.6. The molecule has 0 unspecified atom stereocenters. The van der Waals surface area contributed by atoms with Gasteiger partial charge in [-0.25, -0.2) is 4.79 Å². The van der Waals surface area contributed by atoms with Crippen LogP contribution in [0.15, 0.2) is 18.5 Å². The fraction of sp³-hybridized carbons (Fsp3) is 0.636. The zero-order valence-electron chi connectivity index (χ0n) is 9.31. The van der Waals surface area contributed by atoms with Crippen molar-refractivity contribution >= 4 is 5.97 Å². The summed E-state index contributed by atoms with van der Waals surface area (Å²) in [4.78, 5) is 11.4. The molecule has 0 amide bonds. The topological polar surface area (TPSA) is 55.1 Å². The summed E-state index contributed by atoms with van der Waals surface area (Å²) in [6, 6.07) is 1.77. The molecule has 1 aromatic rings. The lowest BCUT2D eigenvalue weighted by Gasteiger charge is -2.29. The van der Waals surface area contributed by atoms with Gasteiger partial charge in [-0.2, -0.15) is 5.10 Å². The van der Waals surface area contributed by atoms with Crippen LogP contribution in [0.1, 0.15) is 39.5 Å². The average Bonchev–Trinajstić information content (AvgIpc) is 2.70. The molecule has 15 heavy (non-hydrogen) atoms. The Kier molecular flexibility index (Phi) is 3.88. The highest BCUT2D eigenvalue weighted by atomic mass is 16.4. The van der Waals surface area contributed by atoms with Crippen LogP contribution < -0.4 is 0 Å². The molecule has 0 saturated carbocycles. The number of aromatic nitrogens is 2. The van der Waals surface area contributed by atoms with Crippen molar-refractivity contribution in [2.24, 2.45) is 0 Å². The second-order valence-electron chi connectivity index (χ2n) is 3.79. The molecule has 0 spiro atoms. The van der Waals surface area contributed by atoms with Gasteiger partial charge in [-0.1, -0.05) is 26.7 Å². The van der Waals surface area contributed by atoms with Gasteiger partial charge in [-0.05, 0) is 18.9 Å². The lowest BCUT2D eigenvalue weighted by atomic mass is 9.89. The van der Waals surface area contributed by atoms with Crippen LogP contribution in [0.4, 0.5) is 0 Å². The predicted molar refractivity (Wildman–Crippen MR) is 57.7 cm³/mol. The molecule has 4 nitrogen and oxygen atoms in total. The number of carboxylic acids is 1. The first-order valence-electron chi connectivity index (χ1n) is 5.41. The molecule has 0 radical (unpaired) electrons. The van der Waals surface area contributed by atoms with Gasteiger partial charge < -0.3 is 5.11 Å². The van der Waals surface area contributed by atoms with E-state index in [1.54, 1.807) is 23.1 Å². The second kappa shape index (κ2) is 4.96. The third-order valence-electron chi connectivity index (χ3n) is 2.67. The van der Waals surface area contributed by atoms with Crippen LogP contribution in [-0.2, 0) is 10.3 Å². The van der Waals surface area contributed by atoms with Gasteiger partial charge in [0.1, 0.15) is 0 Å². The van der Waals surface area contributed by atoms with Crippen LogP contribution in [0.2, 0.25) is 0 Å². The van der Waals surface area contributed by atoms with Crippen LogP contribution in [-0.4, -0.2) is 20.9 Å². The van der Waals surface area contributed by atoms with E-state index in [1.807, 2.05) is 13.8 Å². The number of nitrogens with zero attached hydrogens (tertiary/aromatic N) is 2. The Morgan fingerprint density at radius 2 is 2.00 bits per heavy atom. The minimum absolute atomic E-state index is 0.623. The number of carbonyl (C=O) groups is 1. The standard InChI is InChI=1S/C11H18N2O2/c1-3-6-11(7-4-2,10(14)15)13-9-5-8-12-13/h5,8-9H,3-4,6-7H2,1-2H3,(H,14,15). The zero-order chi connectivity index (χ0) is 11.3. The van der Waals surface area contributed by atoms with E-state index in [1.165, 1.54) is 0 Å². The Morgan fingerprint density at radius 1 is 1.40 bits per heavy atom. The summed E-state index contributed by atoms with van der Waals surface area (Å²) in [5, 5.41) is 13.5. The number of hydrogen-bond acceptors (Lipinski definition) is 2. The summed E-state index contributed by atoms with van der Waals surface area (Å²) in [5.41, 5.74) is -0.854. The maximum Gasteiger partial charge on any atom is 0.331 e. The summed E-state index contributed by atoms with van der Waals surface area (Å²) in [7, 11) is 0. The van der Waals surface area contributed by atoms with Crippen molar-refractivity contribution in [1.29, 1.82) is 0 Å². The van der Waals surface area contributed by atoms with E-state index >= 15 is 0 Å². The van der Waals surface area contributed by atoms with Crippen molar-refractivity contribution in [3.8, 4) is 0 Å². The van der Waals surface area contributed by atoms with E-state index in [0.717, 1.165) is 12.8 Å². The zero-order valence-corrected chi connectivity index (χ0v) is 9.31. The lowest BCUT2D eigenvalue weighted by Crippen LogP contribution is -2.42. The molecule has 0 aliphatic rings. The van der Waals surface area contributed by atoms with Gasteiger partial charge >= 0.3 is 5.97 Å². The van der Waals surface area contributed by atoms with Crippen molar-refractivity contribution in [1.82, 2.24) is 9.78 Å². The van der Waals surface area contributed by atoms with E-state index in [2.05, 4.69) is 5.10 Å². The Bertz CT molecular complexity index is 300. The predicted octanol–water partition coefficient (Wildman–Crippen LogP) is 2.26. The van der Waals surface area contributed by atoms with Crippen LogP contribution in [0.3, 0.4) is 0 Å². The Hall–Kier alpha value is -1.32. The molecule has 0 fully saturated rings. The fourth-order valence-corrected chi connectivity index (χ4v) is 2.02. The minimum atomic E-state index is -0.854. The monoisotopic (exact) mass is 210 g/mol. The van der Waals surface area contributed by atoms with E-state index < -0.39 is 11.5 Å². The highest BCUT2D eigenvalue weighted by Crippen LogP contribution is 2.28. The largest absolute Gasteiger partial charge is 0.479 e. The fourth-order valence-electron chi connectivity index (χ4n) is 2.02. The van der Waals surface area contributed by atoms with Crippen molar-refractivity contribution in [2.75, 3.05) is 0 Å². The van der Waals surface area contributed by atoms with Crippen LogP contribution in [0.5, 0.6) is 0 Å². The van der Waals surface area contributed by atoms with Crippen molar-refractivity contribution in [3.05, 3.63) is 18.5 Å². The van der Waals surface area contributed by atoms with Gasteiger partial charge in [-0.15, -0.1) is 0 Å². The van der Waals surface area contributed by atoms with Gasteiger partial charge in [0.15, 0.2) is 5.54 Å². The van der Waals surface area contributed by atoms with Crippen LogP contribution in [0, 0.1) is 0 Å². The molecule has 0 aliphatic carbocycles. The van der Waals surface area contributed by atoms with Gasteiger partial charge in [0.05, 0.1) is 0 Å². The van der Waals surface area contributed by atoms with E-state index in [4.69, 9.17) is 0 Å². The highest BCUT2D eigenvalue weighted by molar-refractivity contribution is 5.76. The molecule has 1 rings (SSSR count).